The number of rotatable bonds is 6. The normalized spacial score (nSPS) is 12.9. The summed E-state index contributed by atoms with van der Waals surface area (Å²) in [6, 6.07) is 13.6. The summed E-state index contributed by atoms with van der Waals surface area (Å²) in [7, 11) is -2.30. The summed E-state index contributed by atoms with van der Waals surface area (Å²) in [5.74, 6) is 1.64. The highest BCUT2D eigenvalue weighted by Gasteiger charge is 2.14. The summed E-state index contributed by atoms with van der Waals surface area (Å²) in [5, 5.41) is 7.55. The Morgan fingerprint density at radius 2 is 2.00 bits per heavy atom. The molecule has 0 bridgehead atoms. The molecule has 29 heavy (non-hydrogen) atoms. The summed E-state index contributed by atoms with van der Waals surface area (Å²) >= 11 is 0. The van der Waals surface area contributed by atoms with Crippen LogP contribution in [-0.2, 0) is 17.5 Å². The number of hydrogen-bond acceptors (Lipinski definition) is 7. The van der Waals surface area contributed by atoms with Gasteiger partial charge in [0.1, 0.15) is 12.9 Å². The number of nitrogens with zero attached hydrogens (tertiary/aromatic N) is 3. The monoisotopic (exact) mass is 407 g/mol. The molecule has 1 aromatic heterocycles. The first-order valence-electron chi connectivity index (χ1n) is 9.33. The van der Waals surface area contributed by atoms with Crippen molar-refractivity contribution in [3.63, 3.8) is 0 Å². The van der Waals surface area contributed by atoms with Crippen LogP contribution in [0.15, 0.2) is 53.8 Å². The Hall–Kier alpha value is -3.05. The average Bonchev–Trinajstić information content (AvgIpc) is 3.19. The molecule has 3 aromatic rings. The first kappa shape index (κ1) is 19.3. The summed E-state index contributed by atoms with van der Waals surface area (Å²) in [6.45, 7) is 4.77. The molecule has 0 unspecified atom stereocenters. The van der Waals surface area contributed by atoms with Crippen LogP contribution in [0.5, 0.6) is 5.75 Å². The van der Waals surface area contributed by atoms with Crippen molar-refractivity contribution in [1.82, 2.24) is 9.97 Å². The average molecular weight is 407 g/mol. The zero-order valence-electron chi connectivity index (χ0n) is 16.3. The Balaban J connectivity index is 1.57. The van der Waals surface area contributed by atoms with Crippen molar-refractivity contribution in [3.05, 3.63) is 59.8 Å². The van der Waals surface area contributed by atoms with Gasteiger partial charge in [-0.15, -0.1) is 5.11 Å². The highest BCUT2D eigenvalue weighted by atomic mass is 31.2. The third kappa shape index (κ3) is 4.20. The van der Waals surface area contributed by atoms with Crippen LogP contribution >= 0.6 is 7.14 Å². The number of aromatic nitrogens is 2. The molecule has 8 heteroatoms. The molecule has 0 aliphatic carbocycles. The predicted molar refractivity (Wildman–Crippen MR) is 114 cm³/mol. The maximum Gasteiger partial charge on any atom is 0.216 e. The van der Waals surface area contributed by atoms with Gasteiger partial charge in [-0.1, -0.05) is 36.4 Å². The van der Waals surface area contributed by atoms with Gasteiger partial charge in [0.05, 0.1) is 18.5 Å². The van der Waals surface area contributed by atoms with Crippen LogP contribution in [0.3, 0.4) is 0 Å². The largest absolute Gasteiger partial charge is 0.493 e. The molecular weight excluding hydrogens is 385 g/mol. The topological polar surface area (TPSA) is 100 Å². The minimum absolute atomic E-state index is 0.237. The van der Waals surface area contributed by atoms with Crippen LogP contribution < -0.4 is 15.4 Å². The number of hydrogen-bond donors (Lipinski definition) is 2. The lowest BCUT2D eigenvalue weighted by Crippen LogP contribution is -2.04. The molecule has 0 spiro atoms. The molecule has 2 aromatic carbocycles. The molecule has 0 saturated heterocycles. The van der Waals surface area contributed by atoms with E-state index in [2.05, 4.69) is 26.5 Å². The van der Waals surface area contributed by atoms with E-state index in [1.54, 1.807) is 19.5 Å². The van der Waals surface area contributed by atoms with Gasteiger partial charge in [0.25, 0.3) is 0 Å². The van der Waals surface area contributed by atoms with Gasteiger partial charge in [-0.05, 0) is 30.5 Å². The first-order valence-corrected chi connectivity index (χ1v) is 11.9. The summed E-state index contributed by atoms with van der Waals surface area (Å²) in [5.41, 5.74) is 11.2. The second-order valence-corrected chi connectivity index (χ2v) is 10.5. The molecule has 0 amide bonds. The minimum Gasteiger partial charge on any atom is -0.493 e. The van der Waals surface area contributed by atoms with Gasteiger partial charge in [0.15, 0.2) is 5.82 Å². The molecule has 7 nitrogen and oxygen atoms in total. The highest BCUT2D eigenvalue weighted by Crippen LogP contribution is 2.35. The van der Waals surface area contributed by atoms with E-state index in [0.29, 0.717) is 18.1 Å². The summed E-state index contributed by atoms with van der Waals surface area (Å²) in [6.07, 6.45) is 2.52. The second-order valence-electron chi connectivity index (χ2n) is 7.33. The van der Waals surface area contributed by atoms with Gasteiger partial charge in [-0.3, -0.25) is 0 Å². The van der Waals surface area contributed by atoms with E-state index in [4.69, 9.17) is 10.3 Å². The molecule has 0 radical (unpaired) electrons. The maximum atomic E-state index is 12.2. The van der Waals surface area contributed by atoms with Crippen LogP contribution in [-0.4, -0.2) is 29.9 Å². The number of benzene rings is 2. The van der Waals surface area contributed by atoms with Crippen molar-refractivity contribution in [2.24, 2.45) is 5.11 Å². The smallest absolute Gasteiger partial charge is 0.216 e. The molecule has 4 rings (SSSR count). The van der Waals surface area contributed by atoms with Crippen LogP contribution in [0.25, 0.3) is 11.3 Å². The lowest BCUT2D eigenvalue weighted by atomic mass is 10.1. The van der Waals surface area contributed by atoms with Gasteiger partial charge in [-0.25, -0.2) is 15.5 Å². The predicted octanol–water partition coefficient (Wildman–Crippen LogP) is 4.60. The van der Waals surface area contributed by atoms with E-state index in [1.165, 1.54) is 5.56 Å². The van der Waals surface area contributed by atoms with E-state index >= 15 is 0 Å². The van der Waals surface area contributed by atoms with Gasteiger partial charge >= 0.3 is 0 Å². The second kappa shape index (κ2) is 7.76. The lowest BCUT2D eigenvalue weighted by molar-refractivity contribution is 0.357. The van der Waals surface area contributed by atoms with Crippen molar-refractivity contribution in [3.8, 4) is 17.0 Å². The Kier molecular flexibility index (Phi) is 5.16. The minimum atomic E-state index is -2.30. The van der Waals surface area contributed by atoms with Crippen LogP contribution in [0.2, 0.25) is 0 Å². The number of ether oxygens (including phenoxy) is 1. The molecule has 0 fully saturated rings. The first-order chi connectivity index (χ1) is 13.9. The van der Waals surface area contributed by atoms with Crippen molar-refractivity contribution in [1.29, 1.82) is 5.53 Å². The highest BCUT2D eigenvalue weighted by molar-refractivity contribution is 7.70. The van der Waals surface area contributed by atoms with Crippen LogP contribution in [0.1, 0.15) is 11.1 Å². The lowest BCUT2D eigenvalue weighted by Gasteiger charge is -2.11. The maximum absolute atomic E-state index is 12.2. The number of fused-ring (bicyclic) bond motifs is 1. The van der Waals surface area contributed by atoms with Crippen LogP contribution in [0, 0.1) is 5.53 Å². The van der Waals surface area contributed by atoms with Crippen molar-refractivity contribution >= 4 is 24.1 Å². The third-order valence-corrected chi connectivity index (χ3v) is 6.40. The van der Waals surface area contributed by atoms with Gasteiger partial charge in [0, 0.05) is 23.8 Å². The van der Waals surface area contributed by atoms with Gasteiger partial charge in [-0.2, -0.15) is 0 Å². The fraction of sp³-hybridized carbons (Fsp3) is 0.238. The quantitative estimate of drug-likeness (QED) is 0.459. The van der Waals surface area contributed by atoms with Crippen LogP contribution in [0.4, 0.5) is 11.6 Å². The zero-order chi connectivity index (χ0) is 20.4. The number of nitrogens with one attached hydrogen (secondary N) is 2. The molecule has 148 valence electrons. The zero-order valence-corrected chi connectivity index (χ0v) is 17.2. The van der Waals surface area contributed by atoms with Crippen molar-refractivity contribution < 1.29 is 9.30 Å². The Morgan fingerprint density at radius 3 is 2.72 bits per heavy atom. The van der Waals surface area contributed by atoms with E-state index in [-0.39, 0.29) is 5.82 Å². The van der Waals surface area contributed by atoms with E-state index in [0.717, 1.165) is 35.2 Å². The van der Waals surface area contributed by atoms with Crippen molar-refractivity contribution in [2.75, 3.05) is 25.3 Å². The Bertz CT molecular complexity index is 1110. The van der Waals surface area contributed by atoms with Gasteiger partial charge < -0.3 is 14.6 Å². The standard InChI is InChI=1S/C21H22N5O2P/c1-29(2,27)17-6-4-15(5-7-17)18-13-24-21(26-22)20(25-18)23-12-14-3-8-19-16(11-14)9-10-28-19/h3-8,11,13,22H,9-10,12H2,1-2H3,(H,23,25). The molecule has 2 N–H and O–H groups in total. The van der Waals surface area contributed by atoms with E-state index < -0.39 is 7.14 Å². The van der Waals surface area contributed by atoms with E-state index in [1.807, 2.05) is 36.4 Å². The fourth-order valence-corrected chi connectivity index (χ4v) is 4.12. The summed E-state index contributed by atoms with van der Waals surface area (Å²) in [4.78, 5) is 8.87. The Labute approximate surface area is 169 Å². The molecule has 0 atom stereocenters. The number of anilines is 1. The fourth-order valence-electron chi connectivity index (χ4n) is 3.25. The summed E-state index contributed by atoms with van der Waals surface area (Å²) < 4.78 is 17.8. The van der Waals surface area contributed by atoms with E-state index in [9.17, 15) is 4.57 Å². The van der Waals surface area contributed by atoms with Gasteiger partial charge in [0.2, 0.25) is 5.82 Å². The SMILES string of the molecule is CP(C)(=O)c1ccc(-c2cnc(N=N)c(NCc3ccc4c(c3)CCO4)n2)cc1. The van der Waals surface area contributed by atoms with Crippen molar-refractivity contribution in [2.45, 2.75) is 13.0 Å². The molecule has 0 saturated carbocycles. The molecule has 2 heterocycles. The molecule has 1 aliphatic rings. The molecular formula is C21H22N5O2P. The third-order valence-electron chi connectivity index (χ3n) is 4.86. The Morgan fingerprint density at radius 1 is 1.21 bits per heavy atom. The molecule has 1 aliphatic heterocycles.